The van der Waals surface area contributed by atoms with Crippen LogP contribution in [-0.2, 0) is 22.5 Å². The molecule has 1 atom stereocenters. The van der Waals surface area contributed by atoms with Crippen LogP contribution in [0.1, 0.15) is 25.0 Å². The molecule has 1 saturated heterocycles. The van der Waals surface area contributed by atoms with Gasteiger partial charge in [-0.15, -0.1) is 0 Å². The van der Waals surface area contributed by atoms with Crippen LogP contribution < -0.4 is 5.32 Å². The number of amides is 1. The van der Waals surface area contributed by atoms with Gasteiger partial charge in [0.2, 0.25) is 5.91 Å². The molecule has 0 unspecified atom stereocenters. The number of rotatable bonds is 1. The Morgan fingerprint density at radius 1 is 1.35 bits per heavy atom. The molecule has 1 amide bonds. The van der Waals surface area contributed by atoms with Gasteiger partial charge in [-0.25, -0.2) is 0 Å². The Kier molecular flexibility index (Phi) is 3.52. The molecule has 3 rings (SSSR count). The van der Waals surface area contributed by atoms with Crippen LogP contribution in [0, 0.1) is 0 Å². The first kappa shape index (κ1) is 13.6. The minimum atomic E-state index is -0.214. The molecular weight excluding hydrogens is 252 g/mol. The van der Waals surface area contributed by atoms with Gasteiger partial charge in [-0.05, 0) is 31.4 Å². The maximum atomic E-state index is 12.8. The fraction of sp³-hybridized carbons (Fsp3) is 0.562. The van der Waals surface area contributed by atoms with Gasteiger partial charge < -0.3 is 15.0 Å². The third kappa shape index (κ3) is 2.45. The number of nitrogens with one attached hydrogen (secondary N) is 1. The van der Waals surface area contributed by atoms with Crippen molar-refractivity contribution >= 4 is 5.91 Å². The van der Waals surface area contributed by atoms with Gasteiger partial charge in [0.05, 0.1) is 24.8 Å². The molecule has 0 spiro atoms. The molecule has 2 aliphatic heterocycles. The quantitative estimate of drug-likeness (QED) is 0.840. The Hall–Kier alpha value is -1.39. The second-order valence-corrected chi connectivity index (χ2v) is 6.26. The Balaban J connectivity index is 1.76. The van der Waals surface area contributed by atoms with Gasteiger partial charge in [0.1, 0.15) is 0 Å². The SMILES string of the molecule is CC1(C)COCCN1C(=O)[C@H]1Cc2ccccc2CN1. The summed E-state index contributed by atoms with van der Waals surface area (Å²) in [5.41, 5.74) is 2.38. The summed E-state index contributed by atoms with van der Waals surface area (Å²) >= 11 is 0. The van der Waals surface area contributed by atoms with Crippen molar-refractivity contribution in [3.8, 4) is 0 Å². The highest BCUT2D eigenvalue weighted by molar-refractivity contribution is 5.83. The molecular formula is C16H22N2O2. The highest BCUT2D eigenvalue weighted by Crippen LogP contribution is 2.23. The van der Waals surface area contributed by atoms with E-state index < -0.39 is 0 Å². The van der Waals surface area contributed by atoms with Gasteiger partial charge in [-0.3, -0.25) is 4.79 Å². The maximum absolute atomic E-state index is 12.8. The standard InChI is InChI=1S/C16H22N2O2/c1-16(2)11-20-8-7-18(16)15(19)14-9-12-5-3-4-6-13(12)10-17-14/h3-6,14,17H,7-11H2,1-2H3/t14-/m1/s1. The van der Waals surface area contributed by atoms with Gasteiger partial charge in [0.25, 0.3) is 0 Å². The lowest BCUT2D eigenvalue weighted by atomic mass is 9.93. The monoisotopic (exact) mass is 274 g/mol. The number of benzene rings is 1. The summed E-state index contributed by atoms with van der Waals surface area (Å²) in [5.74, 6) is 0.202. The lowest BCUT2D eigenvalue weighted by Crippen LogP contribution is -2.60. The topological polar surface area (TPSA) is 41.6 Å². The summed E-state index contributed by atoms with van der Waals surface area (Å²) in [6.45, 7) is 6.85. The van der Waals surface area contributed by atoms with Crippen LogP contribution in [0.2, 0.25) is 0 Å². The minimum absolute atomic E-state index is 0.109. The van der Waals surface area contributed by atoms with Crippen LogP contribution >= 0.6 is 0 Å². The largest absolute Gasteiger partial charge is 0.377 e. The number of carbonyl (C=O) groups is 1. The highest BCUT2D eigenvalue weighted by Gasteiger charge is 2.38. The molecule has 1 aromatic rings. The molecule has 2 aliphatic rings. The van der Waals surface area contributed by atoms with Crippen LogP contribution in [0.3, 0.4) is 0 Å². The van der Waals surface area contributed by atoms with Gasteiger partial charge in [0.15, 0.2) is 0 Å². The highest BCUT2D eigenvalue weighted by atomic mass is 16.5. The molecule has 20 heavy (non-hydrogen) atoms. The van der Waals surface area contributed by atoms with Crippen LogP contribution in [-0.4, -0.2) is 42.1 Å². The van der Waals surface area contributed by atoms with Crippen LogP contribution in [0.15, 0.2) is 24.3 Å². The predicted octanol–water partition coefficient (Wildman–Crippen LogP) is 1.34. The van der Waals surface area contributed by atoms with E-state index in [4.69, 9.17) is 4.74 Å². The zero-order valence-electron chi connectivity index (χ0n) is 12.2. The minimum Gasteiger partial charge on any atom is -0.377 e. The smallest absolute Gasteiger partial charge is 0.240 e. The summed E-state index contributed by atoms with van der Waals surface area (Å²) in [7, 11) is 0. The number of nitrogens with zero attached hydrogens (tertiary/aromatic N) is 1. The third-order valence-corrected chi connectivity index (χ3v) is 4.29. The summed E-state index contributed by atoms with van der Waals surface area (Å²) in [6.07, 6.45) is 0.780. The van der Waals surface area contributed by atoms with Crippen LogP contribution in [0.4, 0.5) is 0 Å². The average Bonchev–Trinajstić information content (AvgIpc) is 2.45. The zero-order valence-corrected chi connectivity index (χ0v) is 12.2. The van der Waals surface area contributed by atoms with Gasteiger partial charge >= 0.3 is 0 Å². The van der Waals surface area contributed by atoms with Crippen molar-refractivity contribution in [2.75, 3.05) is 19.8 Å². The van der Waals surface area contributed by atoms with Crippen molar-refractivity contribution in [1.82, 2.24) is 10.2 Å². The lowest BCUT2D eigenvalue weighted by Gasteiger charge is -2.44. The number of ether oxygens (including phenoxy) is 1. The van der Waals surface area contributed by atoms with Crippen molar-refractivity contribution in [3.63, 3.8) is 0 Å². The first-order valence-corrected chi connectivity index (χ1v) is 7.27. The first-order chi connectivity index (χ1) is 9.58. The molecule has 1 aromatic carbocycles. The van der Waals surface area contributed by atoms with Crippen molar-refractivity contribution < 1.29 is 9.53 Å². The second kappa shape index (κ2) is 5.19. The van der Waals surface area contributed by atoms with E-state index in [1.54, 1.807) is 0 Å². The Morgan fingerprint density at radius 2 is 2.10 bits per heavy atom. The van der Waals surface area contributed by atoms with Gasteiger partial charge in [-0.1, -0.05) is 24.3 Å². The third-order valence-electron chi connectivity index (χ3n) is 4.29. The van der Waals surface area contributed by atoms with Crippen molar-refractivity contribution in [3.05, 3.63) is 35.4 Å². The van der Waals surface area contributed by atoms with E-state index in [0.29, 0.717) is 19.8 Å². The molecule has 0 bridgehead atoms. The normalized spacial score (nSPS) is 25.1. The Morgan fingerprint density at radius 3 is 2.85 bits per heavy atom. The van der Waals surface area contributed by atoms with Crippen molar-refractivity contribution in [1.29, 1.82) is 0 Å². The Labute approximate surface area is 120 Å². The van der Waals surface area contributed by atoms with E-state index >= 15 is 0 Å². The van der Waals surface area contributed by atoms with Crippen LogP contribution in [0.25, 0.3) is 0 Å². The van der Waals surface area contributed by atoms with E-state index in [2.05, 4.69) is 31.3 Å². The first-order valence-electron chi connectivity index (χ1n) is 7.27. The molecule has 1 fully saturated rings. The van der Waals surface area contributed by atoms with E-state index in [1.807, 2.05) is 17.0 Å². The number of fused-ring (bicyclic) bond motifs is 1. The molecule has 0 saturated carbocycles. The second-order valence-electron chi connectivity index (χ2n) is 6.26. The maximum Gasteiger partial charge on any atom is 0.240 e. The van der Waals surface area contributed by atoms with E-state index in [9.17, 15) is 4.79 Å². The van der Waals surface area contributed by atoms with E-state index in [1.165, 1.54) is 11.1 Å². The average molecular weight is 274 g/mol. The predicted molar refractivity (Wildman–Crippen MR) is 77.4 cm³/mol. The molecule has 0 aromatic heterocycles. The lowest BCUT2D eigenvalue weighted by molar-refractivity contribution is -0.148. The fourth-order valence-electron chi connectivity index (χ4n) is 3.08. The van der Waals surface area contributed by atoms with E-state index in [-0.39, 0.29) is 17.5 Å². The van der Waals surface area contributed by atoms with Crippen LogP contribution in [0.5, 0.6) is 0 Å². The summed E-state index contributed by atoms with van der Waals surface area (Å²) in [5, 5.41) is 3.38. The van der Waals surface area contributed by atoms with Crippen molar-refractivity contribution in [2.24, 2.45) is 0 Å². The zero-order chi connectivity index (χ0) is 14.2. The van der Waals surface area contributed by atoms with Crippen molar-refractivity contribution in [2.45, 2.75) is 38.4 Å². The number of morpholine rings is 1. The molecule has 4 nitrogen and oxygen atoms in total. The molecule has 4 heteroatoms. The van der Waals surface area contributed by atoms with Gasteiger partial charge in [0, 0.05) is 13.1 Å². The molecule has 0 aliphatic carbocycles. The Bertz CT molecular complexity index is 513. The van der Waals surface area contributed by atoms with Gasteiger partial charge in [-0.2, -0.15) is 0 Å². The molecule has 2 heterocycles. The fourth-order valence-corrected chi connectivity index (χ4v) is 3.08. The molecule has 108 valence electrons. The number of carbonyl (C=O) groups excluding carboxylic acids is 1. The number of hydrogen-bond acceptors (Lipinski definition) is 3. The molecule has 1 N–H and O–H groups in total. The summed E-state index contributed by atoms with van der Waals surface area (Å²) in [4.78, 5) is 14.8. The summed E-state index contributed by atoms with van der Waals surface area (Å²) in [6, 6.07) is 8.24. The summed E-state index contributed by atoms with van der Waals surface area (Å²) < 4.78 is 5.49. The molecule has 0 radical (unpaired) electrons. The number of hydrogen-bond donors (Lipinski definition) is 1. The van der Waals surface area contributed by atoms with E-state index in [0.717, 1.165) is 13.0 Å².